The third kappa shape index (κ3) is 13.2. The van der Waals surface area contributed by atoms with Crippen molar-refractivity contribution in [2.24, 2.45) is 0 Å². The maximum absolute atomic E-state index is 11.2. The number of rotatable bonds is 17. The van der Waals surface area contributed by atoms with Gasteiger partial charge in [-0.25, -0.2) is 0 Å². The highest BCUT2D eigenvalue weighted by Gasteiger charge is 2.19. The summed E-state index contributed by atoms with van der Waals surface area (Å²) in [5, 5.41) is 37.9. The van der Waals surface area contributed by atoms with Crippen LogP contribution in [-0.4, -0.2) is 78.2 Å². The van der Waals surface area contributed by atoms with Crippen molar-refractivity contribution in [1.82, 2.24) is 21.3 Å². The van der Waals surface area contributed by atoms with Crippen molar-refractivity contribution in [3.8, 4) is 0 Å². The molecule has 0 aliphatic rings. The fraction of sp³-hybridized carbons (Fsp3) is 0.800. The Morgan fingerprint density at radius 1 is 0.880 bits per heavy atom. The Morgan fingerprint density at radius 3 is 2.08 bits per heavy atom. The number of aliphatic carboxylic acids is 3. The third-order valence-corrected chi connectivity index (χ3v) is 3.44. The van der Waals surface area contributed by atoms with E-state index in [1.807, 2.05) is 0 Å². The molecule has 2 unspecified atom stereocenters. The molecule has 0 heterocycles. The fourth-order valence-electron chi connectivity index (χ4n) is 2.09. The van der Waals surface area contributed by atoms with Crippen molar-refractivity contribution >= 4 is 17.9 Å². The molecule has 7 N–H and O–H groups in total. The molecule has 0 aliphatic heterocycles. The second-order valence-corrected chi connectivity index (χ2v) is 5.64. The lowest BCUT2D eigenvalue weighted by Crippen LogP contribution is -2.51. The SMILES string of the molecule is CCCNCCCCC(NCNC(CNCC(=O)O)C(=O)O)C(=O)O. The molecular formula is C15H30N4O6. The lowest BCUT2D eigenvalue weighted by Gasteiger charge is -2.18. The Kier molecular flexibility index (Phi) is 13.6. The molecule has 146 valence electrons. The summed E-state index contributed by atoms with van der Waals surface area (Å²) < 4.78 is 0. The highest BCUT2D eigenvalue weighted by molar-refractivity contribution is 5.74. The number of carboxylic acids is 3. The molecular weight excluding hydrogens is 332 g/mol. The van der Waals surface area contributed by atoms with Crippen molar-refractivity contribution in [3.63, 3.8) is 0 Å². The summed E-state index contributed by atoms with van der Waals surface area (Å²) in [4.78, 5) is 32.7. The molecule has 0 spiro atoms. The van der Waals surface area contributed by atoms with Crippen LogP contribution in [-0.2, 0) is 14.4 Å². The van der Waals surface area contributed by atoms with Crippen LogP contribution in [0, 0.1) is 0 Å². The van der Waals surface area contributed by atoms with Crippen molar-refractivity contribution < 1.29 is 29.7 Å². The molecule has 0 amide bonds. The lowest BCUT2D eigenvalue weighted by molar-refractivity contribution is -0.140. The molecule has 10 heteroatoms. The second-order valence-electron chi connectivity index (χ2n) is 5.64. The molecule has 0 rings (SSSR count). The average molecular weight is 362 g/mol. The van der Waals surface area contributed by atoms with E-state index in [1.54, 1.807) is 0 Å². The molecule has 25 heavy (non-hydrogen) atoms. The zero-order valence-electron chi connectivity index (χ0n) is 14.6. The number of carboxylic acid groups (broad SMARTS) is 3. The van der Waals surface area contributed by atoms with E-state index in [0.717, 1.165) is 32.4 Å². The number of nitrogens with one attached hydrogen (secondary N) is 4. The van der Waals surface area contributed by atoms with Crippen LogP contribution in [0.5, 0.6) is 0 Å². The summed E-state index contributed by atoms with van der Waals surface area (Å²) in [7, 11) is 0. The van der Waals surface area contributed by atoms with Gasteiger partial charge in [0, 0.05) is 13.2 Å². The molecule has 0 aliphatic carbocycles. The molecule has 0 aromatic heterocycles. The van der Waals surface area contributed by atoms with E-state index in [1.165, 1.54) is 0 Å². The van der Waals surface area contributed by atoms with Crippen molar-refractivity contribution in [2.75, 3.05) is 32.8 Å². The van der Waals surface area contributed by atoms with Gasteiger partial charge in [0.2, 0.25) is 0 Å². The normalized spacial score (nSPS) is 13.3. The van der Waals surface area contributed by atoms with Gasteiger partial charge in [0.05, 0.1) is 6.54 Å². The van der Waals surface area contributed by atoms with E-state index in [-0.39, 0.29) is 19.8 Å². The Hall–Kier alpha value is -1.75. The zero-order chi connectivity index (χ0) is 19.1. The molecule has 0 radical (unpaired) electrons. The van der Waals surface area contributed by atoms with Crippen molar-refractivity contribution in [3.05, 3.63) is 0 Å². The Morgan fingerprint density at radius 2 is 1.52 bits per heavy atom. The summed E-state index contributed by atoms with van der Waals surface area (Å²) in [5.74, 6) is -3.21. The van der Waals surface area contributed by atoms with Crippen LogP contribution in [0.1, 0.15) is 32.6 Å². The molecule has 0 fully saturated rings. The molecule has 0 aromatic rings. The van der Waals surface area contributed by atoms with Crippen molar-refractivity contribution in [1.29, 1.82) is 0 Å². The summed E-state index contributed by atoms with van der Waals surface area (Å²) in [6, 6.07) is -1.78. The smallest absolute Gasteiger partial charge is 0.322 e. The summed E-state index contributed by atoms with van der Waals surface area (Å²) in [5.41, 5.74) is 0. The van der Waals surface area contributed by atoms with Gasteiger partial charge in [0.1, 0.15) is 12.1 Å². The van der Waals surface area contributed by atoms with E-state index in [4.69, 9.17) is 10.2 Å². The predicted octanol–water partition coefficient (Wildman–Crippen LogP) is -1.13. The van der Waals surface area contributed by atoms with Gasteiger partial charge in [-0.15, -0.1) is 0 Å². The first kappa shape index (κ1) is 23.2. The van der Waals surface area contributed by atoms with E-state index in [2.05, 4.69) is 28.2 Å². The third-order valence-electron chi connectivity index (χ3n) is 3.44. The number of carbonyl (C=O) groups is 3. The van der Waals surface area contributed by atoms with E-state index >= 15 is 0 Å². The van der Waals surface area contributed by atoms with Crippen LogP contribution in [0.25, 0.3) is 0 Å². The number of unbranched alkanes of at least 4 members (excludes halogenated alkanes) is 1. The van der Waals surface area contributed by atoms with Crippen molar-refractivity contribution in [2.45, 2.75) is 44.7 Å². The summed E-state index contributed by atoms with van der Waals surface area (Å²) in [6.45, 7) is 3.43. The minimum Gasteiger partial charge on any atom is -0.480 e. The minimum absolute atomic E-state index is 0.00320. The predicted molar refractivity (Wildman–Crippen MR) is 91.5 cm³/mol. The standard InChI is InChI=1S/C15H30N4O6/c1-2-6-16-7-4-3-5-11(14(22)23)18-10-19-12(15(24)25)8-17-9-13(20)21/h11-12,16-19H,2-10H2,1H3,(H,20,21)(H,22,23)(H,24,25). The molecule has 0 aromatic carbocycles. The molecule has 10 nitrogen and oxygen atoms in total. The van der Waals surface area contributed by atoms with Gasteiger partial charge in [-0.3, -0.25) is 25.0 Å². The Labute approximate surface area is 147 Å². The Bertz CT molecular complexity index is 407. The van der Waals surface area contributed by atoms with E-state index < -0.39 is 30.0 Å². The molecule has 2 atom stereocenters. The van der Waals surface area contributed by atoms with Crippen LogP contribution < -0.4 is 21.3 Å². The monoisotopic (exact) mass is 362 g/mol. The average Bonchev–Trinajstić information content (AvgIpc) is 2.53. The lowest BCUT2D eigenvalue weighted by atomic mass is 10.1. The van der Waals surface area contributed by atoms with Gasteiger partial charge in [-0.05, 0) is 32.4 Å². The van der Waals surface area contributed by atoms with Crippen LogP contribution in [0.4, 0.5) is 0 Å². The quantitative estimate of drug-likeness (QED) is 0.125. The topological polar surface area (TPSA) is 160 Å². The largest absolute Gasteiger partial charge is 0.480 e. The summed E-state index contributed by atoms with van der Waals surface area (Å²) in [6.07, 6.45) is 3.11. The first-order valence-corrected chi connectivity index (χ1v) is 8.44. The van der Waals surface area contributed by atoms with Gasteiger partial charge < -0.3 is 26.0 Å². The molecule has 0 saturated heterocycles. The highest BCUT2D eigenvalue weighted by Crippen LogP contribution is 2.01. The maximum Gasteiger partial charge on any atom is 0.322 e. The highest BCUT2D eigenvalue weighted by atomic mass is 16.4. The van der Waals surface area contributed by atoms with Crippen LogP contribution in [0.3, 0.4) is 0 Å². The second kappa shape index (κ2) is 14.6. The van der Waals surface area contributed by atoms with Gasteiger partial charge in [-0.2, -0.15) is 0 Å². The van der Waals surface area contributed by atoms with Gasteiger partial charge in [-0.1, -0.05) is 13.3 Å². The van der Waals surface area contributed by atoms with Crippen LogP contribution >= 0.6 is 0 Å². The molecule has 0 saturated carbocycles. The first-order valence-electron chi connectivity index (χ1n) is 8.44. The van der Waals surface area contributed by atoms with Gasteiger partial charge in [0.15, 0.2) is 0 Å². The zero-order valence-corrected chi connectivity index (χ0v) is 14.6. The summed E-state index contributed by atoms with van der Waals surface area (Å²) >= 11 is 0. The van der Waals surface area contributed by atoms with Crippen LogP contribution in [0.15, 0.2) is 0 Å². The first-order chi connectivity index (χ1) is 11.9. The van der Waals surface area contributed by atoms with Gasteiger partial charge >= 0.3 is 17.9 Å². The fourth-order valence-corrected chi connectivity index (χ4v) is 2.09. The number of hydrogen-bond acceptors (Lipinski definition) is 7. The van der Waals surface area contributed by atoms with Gasteiger partial charge in [0.25, 0.3) is 0 Å². The van der Waals surface area contributed by atoms with Crippen LogP contribution in [0.2, 0.25) is 0 Å². The Balaban J connectivity index is 4.07. The maximum atomic E-state index is 11.2. The number of hydrogen-bond donors (Lipinski definition) is 7. The minimum atomic E-state index is -1.14. The van der Waals surface area contributed by atoms with E-state index in [9.17, 15) is 19.5 Å². The van der Waals surface area contributed by atoms with E-state index in [0.29, 0.717) is 6.42 Å². The molecule has 0 bridgehead atoms.